The predicted octanol–water partition coefficient (Wildman–Crippen LogP) is 2.51. The normalized spacial score (nSPS) is 7.86. The van der Waals surface area contributed by atoms with Crippen molar-refractivity contribution in [2.75, 3.05) is 0 Å². The highest BCUT2D eigenvalue weighted by Gasteiger charge is 1.96. The minimum Gasteiger partial charge on any atom is -0.427 e. The van der Waals surface area contributed by atoms with E-state index >= 15 is 0 Å². The van der Waals surface area contributed by atoms with Crippen LogP contribution < -0.4 is 4.74 Å². The van der Waals surface area contributed by atoms with Crippen molar-refractivity contribution < 1.29 is 9.53 Å². The van der Waals surface area contributed by atoms with Gasteiger partial charge in [0.2, 0.25) is 0 Å². The molecule has 0 saturated heterocycles. The molecule has 0 amide bonds. The lowest BCUT2D eigenvalue weighted by Crippen LogP contribution is -2.00. The Bertz CT molecular complexity index is 322. The number of hydrogen-bond donors (Lipinski definition) is 0. The third-order valence-corrected chi connectivity index (χ3v) is 1.24. The first-order valence-electron chi connectivity index (χ1n) is 4.41. The molecule has 0 unspecified atom stereocenters. The van der Waals surface area contributed by atoms with Crippen LogP contribution in [0.1, 0.15) is 26.3 Å². The highest BCUT2D eigenvalue weighted by atomic mass is 16.5. The Balaban J connectivity index is 0.000000791. The Morgan fingerprint density at radius 1 is 1.29 bits per heavy atom. The Kier molecular flexibility index (Phi) is 5.80. The quantitative estimate of drug-likeness (QED) is 0.506. The minimum absolute atomic E-state index is 0.361. The average molecular weight is 191 g/mol. The van der Waals surface area contributed by atoms with Crippen LogP contribution in [0, 0.1) is 11.3 Å². The van der Waals surface area contributed by atoms with Gasteiger partial charge in [0.1, 0.15) is 5.75 Å². The number of carbonyl (C=O) groups excluding carboxylic acids is 1. The van der Waals surface area contributed by atoms with Crippen molar-refractivity contribution in [1.82, 2.24) is 0 Å². The van der Waals surface area contributed by atoms with Crippen molar-refractivity contribution in [2.45, 2.75) is 20.8 Å². The van der Waals surface area contributed by atoms with Gasteiger partial charge in [0, 0.05) is 6.92 Å². The third-order valence-electron chi connectivity index (χ3n) is 1.24. The van der Waals surface area contributed by atoms with Crippen LogP contribution in [0.25, 0.3) is 0 Å². The van der Waals surface area contributed by atoms with Gasteiger partial charge in [-0.25, -0.2) is 0 Å². The number of hydrogen-bond acceptors (Lipinski definition) is 3. The maximum Gasteiger partial charge on any atom is 0.308 e. The van der Waals surface area contributed by atoms with Crippen LogP contribution >= 0.6 is 0 Å². The van der Waals surface area contributed by atoms with Gasteiger partial charge in [-0.3, -0.25) is 4.79 Å². The van der Waals surface area contributed by atoms with Gasteiger partial charge in [-0.1, -0.05) is 13.8 Å². The fourth-order valence-corrected chi connectivity index (χ4v) is 0.763. The molecule has 0 aliphatic carbocycles. The first-order chi connectivity index (χ1) is 6.72. The van der Waals surface area contributed by atoms with Gasteiger partial charge < -0.3 is 4.74 Å². The Hall–Kier alpha value is -1.82. The summed E-state index contributed by atoms with van der Waals surface area (Å²) >= 11 is 0. The second-order valence-corrected chi connectivity index (χ2v) is 2.23. The van der Waals surface area contributed by atoms with Gasteiger partial charge in [0.05, 0.1) is 11.6 Å². The summed E-state index contributed by atoms with van der Waals surface area (Å²) in [4.78, 5) is 10.5. The summed E-state index contributed by atoms with van der Waals surface area (Å²) in [6.45, 7) is 5.33. The van der Waals surface area contributed by atoms with Crippen LogP contribution in [0.4, 0.5) is 0 Å². The van der Waals surface area contributed by atoms with E-state index in [-0.39, 0.29) is 5.97 Å². The number of nitriles is 1. The van der Waals surface area contributed by atoms with E-state index < -0.39 is 0 Å². The molecule has 0 aliphatic heterocycles. The second kappa shape index (κ2) is 6.67. The lowest BCUT2D eigenvalue weighted by Gasteiger charge is -1.98. The summed E-state index contributed by atoms with van der Waals surface area (Å²) in [6.07, 6.45) is 0. The summed E-state index contributed by atoms with van der Waals surface area (Å²) < 4.78 is 4.77. The predicted molar refractivity (Wildman–Crippen MR) is 53.8 cm³/mol. The van der Waals surface area contributed by atoms with Gasteiger partial charge in [0.15, 0.2) is 0 Å². The van der Waals surface area contributed by atoms with Crippen LogP contribution in [0.3, 0.4) is 0 Å². The molecule has 0 N–H and O–H groups in total. The van der Waals surface area contributed by atoms with E-state index in [2.05, 4.69) is 0 Å². The molecular weight excluding hydrogens is 178 g/mol. The molecule has 14 heavy (non-hydrogen) atoms. The monoisotopic (exact) mass is 191 g/mol. The Morgan fingerprint density at radius 2 is 1.79 bits per heavy atom. The van der Waals surface area contributed by atoms with E-state index in [1.807, 2.05) is 19.9 Å². The summed E-state index contributed by atoms with van der Waals surface area (Å²) in [6, 6.07) is 8.32. The summed E-state index contributed by atoms with van der Waals surface area (Å²) in [5.74, 6) is 0.0983. The summed E-state index contributed by atoms with van der Waals surface area (Å²) in [7, 11) is 0. The average Bonchev–Trinajstić information content (AvgIpc) is 2.21. The molecule has 0 fully saturated rings. The first-order valence-corrected chi connectivity index (χ1v) is 4.41. The molecule has 3 heteroatoms. The third kappa shape index (κ3) is 4.27. The van der Waals surface area contributed by atoms with Crippen molar-refractivity contribution in [3.63, 3.8) is 0 Å². The highest BCUT2D eigenvalue weighted by molar-refractivity contribution is 5.69. The van der Waals surface area contributed by atoms with Gasteiger partial charge in [-0.05, 0) is 24.3 Å². The largest absolute Gasteiger partial charge is 0.427 e. The lowest BCUT2D eigenvalue weighted by molar-refractivity contribution is -0.131. The number of carbonyl (C=O) groups is 1. The van der Waals surface area contributed by atoms with E-state index in [9.17, 15) is 4.79 Å². The van der Waals surface area contributed by atoms with Gasteiger partial charge in [-0.2, -0.15) is 5.26 Å². The highest BCUT2D eigenvalue weighted by Crippen LogP contribution is 2.11. The molecule has 0 bridgehead atoms. The molecule has 0 aromatic heterocycles. The zero-order valence-electron chi connectivity index (χ0n) is 8.57. The van der Waals surface area contributed by atoms with Crippen LogP contribution in [0.5, 0.6) is 5.75 Å². The van der Waals surface area contributed by atoms with Crippen molar-refractivity contribution in [2.24, 2.45) is 0 Å². The summed E-state index contributed by atoms with van der Waals surface area (Å²) in [5.41, 5.74) is 0.547. The maximum atomic E-state index is 10.5. The maximum absolute atomic E-state index is 10.5. The van der Waals surface area contributed by atoms with E-state index in [4.69, 9.17) is 10.00 Å². The number of rotatable bonds is 1. The SMILES string of the molecule is CC.CC(=O)Oc1ccc(C#N)cc1. The molecule has 1 aromatic carbocycles. The van der Waals surface area contributed by atoms with Gasteiger partial charge in [0.25, 0.3) is 0 Å². The van der Waals surface area contributed by atoms with E-state index in [1.54, 1.807) is 24.3 Å². The Labute approximate surface area is 83.9 Å². The second-order valence-electron chi connectivity index (χ2n) is 2.23. The number of ether oxygens (including phenoxy) is 1. The standard InChI is InChI=1S/C9H7NO2.C2H6/c1-7(11)12-9-4-2-8(6-10)3-5-9;1-2/h2-5H,1H3;1-2H3. The molecule has 3 nitrogen and oxygen atoms in total. The van der Waals surface area contributed by atoms with Crippen molar-refractivity contribution in [1.29, 1.82) is 5.26 Å². The fourth-order valence-electron chi connectivity index (χ4n) is 0.763. The molecule has 0 atom stereocenters. The van der Waals surface area contributed by atoms with E-state index in [0.29, 0.717) is 11.3 Å². The smallest absolute Gasteiger partial charge is 0.308 e. The van der Waals surface area contributed by atoms with Gasteiger partial charge >= 0.3 is 5.97 Å². The van der Waals surface area contributed by atoms with Crippen molar-refractivity contribution in [3.8, 4) is 11.8 Å². The van der Waals surface area contributed by atoms with Gasteiger partial charge in [-0.15, -0.1) is 0 Å². The number of nitrogens with zero attached hydrogens (tertiary/aromatic N) is 1. The molecule has 1 aromatic rings. The molecule has 74 valence electrons. The lowest BCUT2D eigenvalue weighted by atomic mass is 10.2. The van der Waals surface area contributed by atoms with Crippen molar-refractivity contribution >= 4 is 5.97 Å². The number of esters is 1. The first kappa shape index (κ1) is 12.2. The van der Waals surface area contributed by atoms with Crippen LogP contribution in [0.15, 0.2) is 24.3 Å². The van der Waals surface area contributed by atoms with Crippen LogP contribution in [-0.4, -0.2) is 5.97 Å². The topological polar surface area (TPSA) is 50.1 Å². The molecule has 0 saturated carbocycles. The molecular formula is C11H13NO2. The number of benzene rings is 1. The molecule has 0 heterocycles. The van der Waals surface area contributed by atoms with E-state index in [0.717, 1.165) is 0 Å². The molecule has 0 aliphatic rings. The molecule has 1 rings (SSSR count). The zero-order chi connectivity index (χ0) is 11.0. The van der Waals surface area contributed by atoms with Crippen LogP contribution in [0.2, 0.25) is 0 Å². The minimum atomic E-state index is -0.361. The van der Waals surface area contributed by atoms with Crippen molar-refractivity contribution in [3.05, 3.63) is 29.8 Å². The Morgan fingerprint density at radius 3 is 2.14 bits per heavy atom. The zero-order valence-corrected chi connectivity index (χ0v) is 8.57. The van der Waals surface area contributed by atoms with Crippen LogP contribution in [-0.2, 0) is 4.79 Å². The van der Waals surface area contributed by atoms with E-state index in [1.165, 1.54) is 6.92 Å². The molecule has 0 radical (unpaired) electrons. The molecule has 0 spiro atoms. The summed E-state index contributed by atoms with van der Waals surface area (Å²) in [5, 5.41) is 8.45. The fraction of sp³-hybridized carbons (Fsp3) is 0.273.